The van der Waals surface area contributed by atoms with Gasteiger partial charge in [0.1, 0.15) is 0 Å². The first-order chi connectivity index (χ1) is 7.98. The Morgan fingerprint density at radius 3 is 2.24 bits per heavy atom. The first-order valence-corrected chi connectivity index (χ1v) is 5.80. The van der Waals surface area contributed by atoms with Crippen LogP contribution < -0.4 is 5.73 Å². The third kappa shape index (κ3) is 2.47. The van der Waals surface area contributed by atoms with E-state index in [2.05, 4.69) is 25.8 Å². The molecule has 0 saturated carbocycles. The largest absolute Gasteiger partial charge is 0.397 e. The molecule has 0 unspecified atom stereocenters. The first-order valence-electron chi connectivity index (χ1n) is 5.80. The van der Waals surface area contributed by atoms with Crippen LogP contribution >= 0.6 is 0 Å². The van der Waals surface area contributed by atoms with Gasteiger partial charge in [0.25, 0.3) is 0 Å². The lowest BCUT2D eigenvalue weighted by molar-refractivity contribution is 0.588. The molecule has 2 heteroatoms. The van der Waals surface area contributed by atoms with E-state index in [-0.39, 0.29) is 5.41 Å². The maximum absolute atomic E-state index is 6.09. The van der Waals surface area contributed by atoms with Gasteiger partial charge >= 0.3 is 0 Å². The van der Waals surface area contributed by atoms with Crippen molar-refractivity contribution >= 4 is 5.69 Å². The summed E-state index contributed by atoms with van der Waals surface area (Å²) >= 11 is 0. The molecule has 0 spiro atoms. The molecule has 0 aliphatic carbocycles. The highest BCUT2D eigenvalue weighted by Crippen LogP contribution is 2.28. The number of nitrogens with two attached hydrogens (primary N) is 1. The highest BCUT2D eigenvalue weighted by atomic mass is 14.7. The molecule has 0 aliphatic rings. The average Bonchev–Trinajstić information content (AvgIpc) is 2.29. The molecule has 0 amide bonds. The van der Waals surface area contributed by atoms with Gasteiger partial charge < -0.3 is 5.73 Å². The van der Waals surface area contributed by atoms with Gasteiger partial charge in [-0.05, 0) is 17.0 Å². The Morgan fingerprint density at radius 2 is 1.71 bits per heavy atom. The van der Waals surface area contributed by atoms with E-state index in [4.69, 9.17) is 5.73 Å². The molecule has 1 aromatic heterocycles. The van der Waals surface area contributed by atoms with Gasteiger partial charge in [-0.15, -0.1) is 0 Å². The van der Waals surface area contributed by atoms with Crippen molar-refractivity contribution in [2.75, 3.05) is 5.73 Å². The van der Waals surface area contributed by atoms with Crippen molar-refractivity contribution in [2.45, 2.75) is 26.2 Å². The summed E-state index contributed by atoms with van der Waals surface area (Å²) in [6.45, 7) is 6.48. The molecule has 0 radical (unpaired) electrons. The van der Waals surface area contributed by atoms with E-state index in [9.17, 15) is 0 Å². The SMILES string of the molecule is CC(C)(C)c1cnc(-c2ccccc2)c(N)c1. The minimum absolute atomic E-state index is 0.0797. The molecule has 88 valence electrons. The van der Waals surface area contributed by atoms with E-state index in [1.807, 2.05) is 42.6 Å². The first kappa shape index (κ1) is 11.6. The van der Waals surface area contributed by atoms with Gasteiger partial charge in [-0.25, -0.2) is 0 Å². The van der Waals surface area contributed by atoms with Gasteiger partial charge in [-0.2, -0.15) is 0 Å². The van der Waals surface area contributed by atoms with Crippen molar-refractivity contribution in [1.29, 1.82) is 0 Å². The maximum atomic E-state index is 6.09. The van der Waals surface area contributed by atoms with Crippen molar-refractivity contribution in [1.82, 2.24) is 4.98 Å². The van der Waals surface area contributed by atoms with Gasteiger partial charge in [0.2, 0.25) is 0 Å². The van der Waals surface area contributed by atoms with Gasteiger partial charge in [-0.3, -0.25) is 4.98 Å². The highest BCUT2D eigenvalue weighted by molar-refractivity contribution is 5.72. The zero-order valence-corrected chi connectivity index (χ0v) is 10.6. The minimum atomic E-state index is 0.0797. The van der Waals surface area contributed by atoms with Crippen LogP contribution in [0.5, 0.6) is 0 Å². The number of nitrogens with zero attached hydrogens (tertiary/aromatic N) is 1. The van der Waals surface area contributed by atoms with Gasteiger partial charge in [0.05, 0.1) is 11.4 Å². The monoisotopic (exact) mass is 226 g/mol. The summed E-state index contributed by atoms with van der Waals surface area (Å²) in [5, 5.41) is 0. The fourth-order valence-electron chi connectivity index (χ4n) is 1.73. The number of rotatable bonds is 1. The zero-order valence-electron chi connectivity index (χ0n) is 10.6. The summed E-state index contributed by atoms with van der Waals surface area (Å²) in [4.78, 5) is 4.49. The molecule has 2 N–H and O–H groups in total. The molecule has 2 rings (SSSR count). The Balaban J connectivity index is 2.46. The summed E-state index contributed by atoms with van der Waals surface area (Å²) < 4.78 is 0. The standard InChI is InChI=1S/C15H18N2/c1-15(2,3)12-9-13(16)14(17-10-12)11-7-5-4-6-8-11/h4-10H,16H2,1-3H3. The van der Waals surface area contributed by atoms with E-state index >= 15 is 0 Å². The van der Waals surface area contributed by atoms with Crippen molar-refractivity contribution in [2.24, 2.45) is 0 Å². The number of hydrogen-bond donors (Lipinski definition) is 1. The molecule has 0 atom stereocenters. The van der Waals surface area contributed by atoms with E-state index in [1.165, 1.54) is 0 Å². The lowest BCUT2D eigenvalue weighted by Gasteiger charge is -2.19. The third-order valence-electron chi connectivity index (χ3n) is 2.83. The predicted molar refractivity (Wildman–Crippen MR) is 72.8 cm³/mol. The lowest BCUT2D eigenvalue weighted by Crippen LogP contribution is -2.12. The van der Waals surface area contributed by atoms with Crippen molar-refractivity contribution < 1.29 is 0 Å². The van der Waals surface area contributed by atoms with Gasteiger partial charge in [0, 0.05) is 11.8 Å². The topological polar surface area (TPSA) is 38.9 Å². The normalized spacial score (nSPS) is 11.5. The van der Waals surface area contributed by atoms with Crippen LogP contribution in [0.15, 0.2) is 42.6 Å². The number of benzene rings is 1. The summed E-state index contributed by atoms with van der Waals surface area (Å²) in [5.74, 6) is 0. The smallest absolute Gasteiger partial charge is 0.0931 e. The molecule has 1 aromatic carbocycles. The van der Waals surface area contributed by atoms with Crippen LogP contribution in [0.25, 0.3) is 11.3 Å². The summed E-state index contributed by atoms with van der Waals surface area (Å²) in [7, 11) is 0. The molecule has 0 saturated heterocycles. The van der Waals surface area contributed by atoms with Crippen LogP contribution in [-0.2, 0) is 5.41 Å². The van der Waals surface area contributed by atoms with E-state index < -0.39 is 0 Å². The van der Waals surface area contributed by atoms with Gasteiger partial charge in [-0.1, -0.05) is 51.1 Å². The van der Waals surface area contributed by atoms with Crippen LogP contribution in [0, 0.1) is 0 Å². The number of nitrogen functional groups attached to an aromatic ring is 1. The Kier molecular flexibility index (Phi) is 2.88. The third-order valence-corrected chi connectivity index (χ3v) is 2.83. The highest BCUT2D eigenvalue weighted by Gasteiger charge is 2.15. The van der Waals surface area contributed by atoms with E-state index in [0.29, 0.717) is 0 Å². The van der Waals surface area contributed by atoms with Crippen LogP contribution in [0.3, 0.4) is 0 Å². The van der Waals surface area contributed by atoms with Crippen molar-refractivity contribution in [3.8, 4) is 11.3 Å². The fraction of sp³-hybridized carbons (Fsp3) is 0.267. The second kappa shape index (κ2) is 4.21. The Hall–Kier alpha value is -1.83. The van der Waals surface area contributed by atoms with Crippen LogP contribution in [-0.4, -0.2) is 4.98 Å². The number of anilines is 1. The van der Waals surface area contributed by atoms with E-state index in [0.717, 1.165) is 22.5 Å². The molecular formula is C15H18N2. The Morgan fingerprint density at radius 1 is 1.06 bits per heavy atom. The predicted octanol–water partition coefficient (Wildman–Crippen LogP) is 3.63. The molecule has 2 aromatic rings. The number of aromatic nitrogens is 1. The fourth-order valence-corrected chi connectivity index (χ4v) is 1.73. The Labute approximate surface area is 103 Å². The van der Waals surface area contributed by atoms with Crippen LogP contribution in [0.1, 0.15) is 26.3 Å². The minimum Gasteiger partial charge on any atom is -0.397 e. The van der Waals surface area contributed by atoms with Crippen molar-refractivity contribution in [3.63, 3.8) is 0 Å². The Bertz CT molecular complexity index is 510. The second-order valence-corrected chi connectivity index (χ2v) is 5.28. The molecule has 0 fully saturated rings. The summed E-state index contributed by atoms with van der Waals surface area (Å²) in [6, 6.07) is 12.0. The van der Waals surface area contributed by atoms with Crippen molar-refractivity contribution in [3.05, 3.63) is 48.2 Å². The number of pyridine rings is 1. The zero-order chi connectivity index (χ0) is 12.5. The van der Waals surface area contributed by atoms with Crippen LogP contribution in [0.2, 0.25) is 0 Å². The summed E-state index contributed by atoms with van der Waals surface area (Å²) in [5.41, 5.74) is 9.99. The quantitative estimate of drug-likeness (QED) is 0.806. The van der Waals surface area contributed by atoms with E-state index in [1.54, 1.807) is 0 Å². The molecule has 0 aliphatic heterocycles. The summed E-state index contributed by atoms with van der Waals surface area (Å²) in [6.07, 6.45) is 1.92. The van der Waals surface area contributed by atoms with Gasteiger partial charge in [0.15, 0.2) is 0 Å². The number of hydrogen-bond acceptors (Lipinski definition) is 2. The average molecular weight is 226 g/mol. The molecule has 0 bridgehead atoms. The molecule has 2 nitrogen and oxygen atoms in total. The lowest BCUT2D eigenvalue weighted by atomic mass is 9.87. The maximum Gasteiger partial charge on any atom is 0.0931 e. The second-order valence-electron chi connectivity index (χ2n) is 5.28. The molecule has 1 heterocycles. The molecule has 17 heavy (non-hydrogen) atoms. The van der Waals surface area contributed by atoms with Crippen LogP contribution in [0.4, 0.5) is 5.69 Å². The molecular weight excluding hydrogens is 208 g/mol.